The highest BCUT2D eigenvalue weighted by atomic mass is 16.6. The monoisotopic (exact) mass is 225 g/mol. The highest BCUT2D eigenvalue weighted by Gasteiger charge is 2.26. The first-order valence-corrected chi connectivity index (χ1v) is 5.26. The fourth-order valence-electron chi connectivity index (χ4n) is 1.93. The van der Waals surface area contributed by atoms with E-state index in [9.17, 15) is 10.1 Å². The molecule has 0 amide bonds. The summed E-state index contributed by atoms with van der Waals surface area (Å²) in [5.74, 6) is 0.458. The molecule has 0 aliphatic carbocycles. The van der Waals surface area contributed by atoms with Crippen LogP contribution in [0.5, 0.6) is 0 Å². The van der Waals surface area contributed by atoms with E-state index in [1.54, 1.807) is 7.05 Å². The van der Waals surface area contributed by atoms with Crippen LogP contribution in [0.25, 0.3) is 0 Å². The molecule has 7 nitrogen and oxygen atoms in total. The van der Waals surface area contributed by atoms with E-state index in [0.29, 0.717) is 5.82 Å². The van der Waals surface area contributed by atoms with Crippen molar-refractivity contribution in [2.24, 2.45) is 12.8 Å². The van der Waals surface area contributed by atoms with E-state index in [1.807, 2.05) is 4.90 Å². The molecule has 2 rings (SSSR count). The standard InChI is InChI=1S/C9H15N5O2/c1-12-6-8(14(15)16)9(11-12)13-4-2-7(10)3-5-13/h6-7H,2-5,10H2,1H3. The second-order valence-corrected chi connectivity index (χ2v) is 4.09. The van der Waals surface area contributed by atoms with Crippen LogP contribution >= 0.6 is 0 Å². The largest absolute Gasteiger partial charge is 0.349 e. The van der Waals surface area contributed by atoms with Crippen LogP contribution in [0.2, 0.25) is 0 Å². The number of piperidine rings is 1. The van der Waals surface area contributed by atoms with Crippen molar-refractivity contribution in [2.45, 2.75) is 18.9 Å². The zero-order valence-electron chi connectivity index (χ0n) is 9.17. The summed E-state index contributed by atoms with van der Waals surface area (Å²) in [6.45, 7) is 1.47. The Morgan fingerprint density at radius 1 is 1.56 bits per heavy atom. The summed E-state index contributed by atoms with van der Waals surface area (Å²) in [7, 11) is 1.69. The van der Waals surface area contributed by atoms with Crippen molar-refractivity contribution in [3.05, 3.63) is 16.3 Å². The lowest BCUT2D eigenvalue weighted by molar-refractivity contribution is -0.384. The Labute approximate surface area is 93.0 Å². The number of aryl methyl sites for hydroxylation is 1. The molecule has 1 aromatic rings. The van der Waals surface area contributed by atoms with Crippen LogP contribution in [0.4, 0.5) is 11.5 Å². The molecule has 1 fully saturated rings. The number of hydrogen-bond acceptors (Lipinski definition) is 5. The third-order valence-electron chi connectivity index (χ3n) is 2.83. The van der Waals surface area contributed by atoms with Gasteiger partial charge in [-0.15, -0.1) is 5.10 Å². The van der Waals surface area contributed by atoms with Gasteiger partial charge in [0.2, 0.25) is 5.82 Å². The van der Waals surface area contributed by atoms with Gasteiger partial charge in [0.05, 0.1) is 4.92 Å². The Balaban J connectivity index is 2.22. The topological polar surface area (TPSA) is 90.2 Å². The van der Waals surface area contributed by atoms with Gasteiger partial charge in [0.25, 0.3) is 0 Å². The van der Waals surface area contributed by atoms with E-state index in [-0.39, 0.29) is 11.7 Å². The molecule has 16 heavy (non-hydrogen) atoms. The first-order chi connectivity index (χ1) is 7.58. The van der Waals surface area contributed by atoms with Crippen molar-refractivity contribution in [3.8, 4) is 0 Å². The van der Waals surface area contributed by atoms with Crippen LogP contribution in [-0.4, -0.2) is 33.8 Å². The minimum atomic E-state index is -0.392. The van der Waals surface area contributed by atoms with E-state index in [0.717, 1.165) is 25.9 Å². The molecular formula is C9H15N5O2. The summed E-state index contributed by atoms with van der Waals surface area (Å²) in [5.41, 5.74) is 5.86. The molecule has 2 heterocycles. The average molecular weight is 225 g/mol. The van der Waals surface area contributed by atoms with E-state index in [2.05, 4.69) is 5.10 Å². The summed E-state index contributed by atoms with van der Waals surface area (Å²) in [6, 6.07) is 0.207. The van der Waals surface area contributed by atoms with Gasteiger partial charge in [0.15, 0.2) is 0 Å². The van der Waals surface area contributed by atoms with Crippen molar-refractivity contribution in [3.63, 3.8) is 0 Å². The molecule has 1 aromatic heterocycles. The summed E-state index contributed by atoms with van der Waals surface area (Å²) in [5, 5.41) is 15.0. The van der Waals surface area contributed by atoms with Crippen molar-refractivity contribution in [1.29, 1.82) is 0 Å². The number of anilines is 1. The predicted molar refractivity (Wildman–Crippen MR) is 59.3 cm³/mol. The second kappa shape index (κ2) is 4.09. The Bertz CT molecular complexity index is 395. The fourth-order valence-corrected chi connectivity index (χ4v) is 1.93. The van der Waals surface area contributed by atoms with Gasteiger partial charge in [-0.05, 0) is 12.8 Å². The highest BCUT2D eigenvalue weighted by Crippen LogP contribution is 2.27. The predicted octanol–water partition coefficient (Wildman–Crippen LogP) is 0.256. The van der Waals surface area contributed by atoms with Crippen LogP contribution < -0.4 is 10.6 Å². The molecular weight excluding hydrogens is 210 g/mol. The van der Waals surface area contributed by atoms with E-state index in [4.69, 9.17) is 5.73 Å². The maximum atomic E-state index is 10.8. The second-order valence-electron chi connectivity index (χ2n) is 4.09. The quantitative estimate of drug-likeness (QED) is 0.575. The van der Waals surface area contributed by atoms with Crippen LogP contribution in [0.3, 0.4) is 0 Å². The van der Waals surface area contributed by atoms with Crippen molar-refractivity contribution in [1.82, 2.24) is 9.78 Å². The summed E-state index contributed by atoms with van der Waals surface area (Å²) in [4.78, 5) is 12.4. The molecule has 0 atom stereocenters. The van der Waals surface area contributed by atoms with Crippen LogP contribution in [-0.2, 0) is 7.05 Å². The molecule has 0 radical (unpaired) electrons. The number of nitrogens with two attached hydrogens (primary N) is 1. The van der Waals surface area contributed by atoms with Gasteiger partial charge in [-0.3, -0.25) is 14.8 Å². The minimum absolute atomic E-state index is 0.0676. The summed E-state index contributed by atoms with van der Waals surface area (Å²) < 4.78 is 1.47. The number of hydrogen-bond donors (Lipinski definition) is 1. The Hall–Kier alpha value is -1.63. The molecule has 2 N–H and O–H groups in total. The maximum absolute atomic E-state index is 10.8. The van der Waals surface area contributed by atoms with Crippen LogP contribution in [0.15, 0.2) is 6.20 Å². The maximum Gasteiger partial charge on any atom is 0.330 e. The van der Waals surface area contributed by atoms with Gasteiger partial charge < -0.3 is 10.6 Å². The van der Waals surface area contributed by atoms with Gasteiger partial charge in [-0.25, -0.2) is 0 Å². The van der Waals surface area contributed by atoms with Crippen molar-refractivity contribution >= 4 is 11.5 Å². The van der Waals surface area contributed by atoms with Gasteiger partial charge in [-0.2, -0.15) is 0 Å². The smallest absolute Gasteiger partial charge is 0.330 e. The normalized spacial score (nSPS) is 17.8. The SMILES string of the molecule is Cn1cc([N+](=O)[O-])c(N2CCC(N)CC2)n1. The van der Waals surface area contributed by atoms with Crippen molar-refractivity contribution < 1.29 is 4.92 Å². The van der Waals surface area contributed by atoms with E-state index >= 15 is 0 Å². The highest BCUT2D eigenvalue weighted by molar-refractivity contribution is 5.56. The van der Waals surface area contributed by atoms with E-state index in [1.165, 1.54) is 10.9 Å². The Morgan fingerprint density at radius 3 is 2.75 bits per heavy atom. The minimum Gasteiger partial charge on any atom is -0.349 e. The first-order valence-electron chi connectivity index (χ1n) is 5.26. The lowest BCUT2D eigenvalue weighted by atomic mass is 10.1. The van der Waals surface area contributed by atoms with Gasteiger partial charge in [0.1, 0.15) is 6.20 Å². The molecule has 0 saturated carbocycles. The molecule has 0 unspecified atom stereocenters. The zero-order chi connectivity index (χ0) is 11.7. The van der Waals surface area contributed by atoms with Gasteiger partial charge in [-0.1, -0.05) is 0 Å². The number of nitrogens with zero attached hydrogens (tertiary/aromatic N) is 4. The van der Waals surface area contributed by atoms with Gasteiger partial charge >= 0.3 is 5.69 Å². The molecule has 7 heteroatoms. The molecule has 1 aliphatic heterocycles. The molecule has 88 valence electrons. The third-order valence-corrected chi connectivity index (χ3v) is 2.83. The number of aromatic nitrogens is 2. The molecule has 0 spiro atoms. The van der Waals surface area contributed by atoms with Crippen LogP contribution in [0, 0.1) is 10.1 Å². The lowest BCUT2D eigenvalue weighted by Gasteiger charge is -2.29. The number of nitro groups is 1. The Kier molecular flexibility index (Phi) is 2.78. The average Bonchev–Trinajstić information content (AvgIpc) is 2.61. The van der Waals surface area contributed by atoms with Gasteiger partial charge in [0, 0.05) is 26.2 Å². The lowest BCUT2D eigenvalue weighted by Crippen LogP contribution is -2.40. The first kappa shape index (κ1) is 10.9. The zero-order valence-corrected chi connectivity index (χ0v) is 9.17. The molecule has 1 saturated heterocycles. The molecule has 0 bridgehead atoms. The van der Waals surface area contributed by atoms with Crippen molar-refractivity contribution in [2.75, 3.05) is 18.0 Å². The number of rotatable bonds is 2. The fraction of sp³-hybridized carbons (Fsp3) is 0.667. The van der Waals surface area contributed by atoms with Crippen LogP contribution in [0.1, 0.15) is 12.8 Å². The Morgan fingerprint density at radius 2 is 2.19 bits per heavy atom. The third kappa shape index (κ3) is 1.99. The summed E-state index contributed by atoms with van der Waals surface area (Å²) in [6.07, 6.45) is 3.14. The summed E-state index contributed by atoms with van der Waals surface area (Å²) >= 11 is 0. The van der Waals surface area contributed by atoms with E-state index < -0.39 is 4.92 Å². The molecule has 1 aliphatic rings. The molecule has 0 aromatic carbocycles.